The molecule has 1 atom stereocenters. The molecule has 0 bridgehead atoms. The molecule has 1 saturated carbocycles. The predicted molar refractivity (Wildman–Crippen MR) is 103 cm³/mol. The zero-order valence-electron chi connectivity index (χ0n) is 15.2. The fourth-order valence-corrected chi connectivity index (χ4v) is 6.34. The summed E-state index contributed by atoms with van der Waals surface area (Å²) in [6, 6.07) is 6.84. The molecule has 1 unspecified atom stereocenters. The van der Waals surface area contributed by atoms with Crippen LogP contribution in [0.1, 0.15) is 51.5 Å². The summed E-state index contributed by atoms with van der Waals surface area (Å²) in [5.41, 5.74) is 7.51. The zero-order chi connectivity index (χ0) is 18.2. The number of carbonyl (C=O) groups is 2. The van der Waals surface area contributed by atoms with Crippen molar-refractivity contribution in [2.24, 2.45) is 5.73 Å². The number of nitrogens with two attached hydrogens (primary N) is 1. The van der Waals surface area contributed by atoms with Gasteiger partial charge in [0.05, 0.1) is 4.87 Å². The maximum Gasteiger partial charge on any atom is 0.323 e. The first-order valence-corrected chi connectivity index (χ1v) is 9.74. The van der Waals surface area contributed by atoms with E-state index >= 15 is 0 Å². The number of para-hydroxylation sites is 1. The van der Waals surface area contributed by atoms with E-state index in [-0.39, 0.29) is 10.9 Å². The van der Waals surface area contributed by atoms with Crippen LogP contribution in [0.5, 0.6) is 0 Å². The molecule has 6 heteroatoms. The Bertz CT molecular complexity index is 683. The molecule has 5 nitrogen and oxygen atoms in total. The highest BCUT2D eigenvalue weighted by atomic mass is 32.2. The van der Waals surface area contributed by atoms with Crippen LogP contribution in [0.2, 0.25) is 0 Å². The highest BCUT2D eigenvalue weighted by Gasteiger charge is 2.60. The molecule has 2 fully saturated rings. The van der Waals surface area contributed by atoms with Crippen LogP contribution in [0.3, 0.4) is 0 Å². The number of thioether (sulfide) groups is 1. The van der Waals surface area contributed by atoms with Crippen molar-refractivity contribution in [1.82, 2.24) is 4.90 Å². The number of hydrogen-bond donors (Lipinski definition) is 2. The standard InChI is InChI=1S/C19H27N3O2S/c1-13-9-5-6-10-14(13)21-17(24)22-15(16(20)23)18(2,3)25-19(22)11-7-4-8-12-19/h5-6,9-10,15H,4,7-8,11-12H2,1-3H3,(H2,20,23)(H,21,24). The Labute approximate surface area is 153 Å². The van der Waals surface area contributed by atoms with E-state index in [1.54, 1.807) is 16.7 Å². The molecule has 25 heavy (non-hydrogen) atoms. The van der Waals surface area contributed by atoms with Gasteiger partial charge in [0.25, 0.3) is 0 Å². The summed E-state index contributed by atoms with van der Waals surface area (Å²) in [5, 5.41) is 3.01. The van der Waals surface area contributed by atoms with Gasteiger partial charge in [-0.2, -0.15) is 0 Å². The average Bonchev–Trinajstić information content (AvgIpc) is 2.77. The first kappa shape index (κ1) is 18.1. The van der Waals surface area contributed by atoms with E-state index in [2.05, 4.69) is 5.32 Å². The molecule has 0 radical (unpaired) electrons. The van der Waals surface area contributed by atoms with E-state index in [0.29, 0.717) is 0 Å². The first-order valence-electron chi connectivity index (χ1n) is 8.92. The predicted octanol–water partition coefficient (Wildman–Crippen LogP) is 3.87. The highest BCUT2D eigenvalue weighted by molar-refractivity contribution is 8.02. The second kappa shape index (κ2) is 6.56. The Kier molecular flexibility index (Phi) is 4.75. The molecule has 3 amide bonds. The Hall–Kier alpha value is -1.69. The first-order chi connectivity index (χ1) is 11.8. The summed E-state index contributed by atoms with van der Waals surface area (Å²) in [6.07, 6.45) is 5.14. The van der Waals surface area contributed by atoms with Crippen molar-refractivity contribution in [3.63, 3.8) is 0 Å². The van der Waals surface area contributed by atoms with Gasteiger partial charge in [0.1, 0.15) is 6.04 Å². The molecule has 0 aromatic heterocycles. The van der Waals surface area contributed by atoms with Crippen molar-refractivity contribution in [1.29, 1.82) is 0 Å². The van der Waals surface area contributed by atoms with Crippen molar-refractivity contribution in [3.8, 4) is 0 Å². The van der Waals surface area contributed by atoms with E-state index in [1.165, 1.54) is 6.42 Å². The number of nitrogens with zero attached hydrogens (tertiary/aromatic N) is 1. The van der Waals surface area contributed by atoms with Crippen molar-refractivity contribution in [2.75, 3.05) is 5.32 Å². The lowest BCUT2D eigenvalue weighted by Gasteiger charge is -2.41. The Morgan fingerprint density at radius 1 is 1.20 bits per heavy atom. The maximum atomic E-state index is 13.2. The second-order valence-electron chi connectivity index (χ2n) is 7.63. The minimum atomic E-state index is -0.611. The van der Waals surface area contributed by atoms with Crippen LogP contribution in [0, 0.1) is 6.92 Å². The number of primary amides is 1. The molecule has 1 aromatic rings. The number of rotatable bonds is 2. The quantitative estimate of drug-likeness (QED) is 0.839. The molecule has 3 rings (SSSR count). The Morgan fingerprint density at radius 3 is 2.44 bits per heavy atom. The maximum absolute atomic E-state index is 13.2. The fourth-order valence-electron chi connectivity index (χ4n) is 4.25. The minimum Gasteiger partial charge on any atom is -0.368 e. The van der Waals surface area contributed by atoms with Gasteiger partial charge in [-0.1, -0.05) is 37.5 Å². The third-order valence-corrected chi connectivity index (χ3v) is 7.05. The van der Waals surface area contributed by atoms with Gasteiger partial charge in [-0.25, -0.2) is 4.79 Å². The van der Waals surface area contributed by atoms with Crippen LogP contribution < -0.4 is 11.1 Å². The molecule has 1 aliphatic carbocycles. The van der Waals surface area contributed by atoms with Gasteiger partial charge < -0.3 is 11.1 Å². The Morgan fingerprint density at radius 2 is 1.84 bits per heavy atom. The summed E-state index contributed by atoms with van der Waals surface area (Å²) in [5.74, 6) is -0.431. The summed E-state index contributed by atoms with van der Waals surface area (Å²) < 4.78 is -0.397. The molecule has 2 aliphatic rings. The molecule has 1 aromatic carbocycles. The van der Waals surface area contributed by atoms with Crippen LogP contribution in [0.4, 0.5) is 10.5 Å². The lowest BCUT2D eigenvalue weighted by Crippen LogP contribution is -2.58. The van der Waals surface area contributed by atoms with Crippen LogP contribution in [-0.4, -0.2) is 32.5 Å². The summed E-state index contributed by atoms with van der Waals surface area (Å²) in [4.78, 5) is 26.9. The zero-order valence-corrected chi connectivity index (χ0v) is 16.0. The number of aryl methyl sites for hydroxylation is 1. The largest absolute Gasteiger partial charge is 0.368 e. The van der Waals surface area contributed by atoms with Crippen LogP contribution in [-0.2, 0) is 4.79 Å². The molecular weight excluding hydrogens is 334 g/mol. The highest BCUT2D eigenvalue weighted by Crippen LogP contribution is 2.57. The third kappa shape index (κ3) is 3.24. The van der Waals surface area contributed by atoms with Gasteiger partial charge >= 0.3 is 6.03 Å². The normalized spacial score (nSPS) is 24.3. The molecule has 136 valence electrons. The minimum absolute atomic E-state index is 0.224. The van der Waals surface area contributed by atoms with Crippen LogP contribution in [0.15, 0.2) is 24.3 Å². The summed E-state index contributed by atoms with van der Waals surface area (Å²) >= 11 is 1.74. The monoisotopic (exact) mass is 361 g/mol. The van der Waals surface area contributed by atoms with E-state index < -0.39 is 16.7 Å². The lowest BCUT2D eigenvalue weighted by atomic mass is 9.91. The van der Waals surface area contributed by atoms with Gasteiger partial charge in [-0.05, 0) is 45.2 Å². The van der Waals surface area contributed by atoms with Gasteiger partial charge in [0.2, 0.25) is 5.91 Å². The van der Waals surface area contributed by atoms with Crippen molar-refractivity contribution >= 4 is 29.4 Å². The number of hydrogen-bond acceptors (Lipinski definition) is 3. The van der Waals surface area contributed by atoms with Gasteiger partial charge in [0, 0.05) is 10.4 Å². The number of benzene rings is 1. The van der Waals surface area contributed by atoms with E-state index in [1.807, 2.05) is 45.0 Å². The number of urea groups is 1. The van der Waals surface area contributed by atoms with E-state index in [9.17, 15) is 9.59 Å². The SMILES string of the molecule is Cc1ccccc1NC(=O)N1C(C(N)=O)C(C)(C)SC12CCCCC2. The van der Waals surface area contributed by atoms with E-state index in [4.69, 9.17) is 5.73 Å². The fraction of sp³-hybridized carbons (Fsp3) is 0.579. The smallest absolute Gasteiger partial charge is 0.323 e. The Balaban J connectivity index is 1.97. The van der Waals surface area contributed by atoms with Gasteiger partial charge in [0.15, 0.2) is 0 Å². The molecule has 3 N–H and O–H groups in total. The van der Waals surface area contributed by atoms with Crippen molar-refractivity contribution in [3.05, 3.63) is 29.8 Å². The topological polar surface area (TPSA) is 75.4 Å². The molecule has 1 saturated heterocycles. The van der Waals surface area contributed by atoms with Gasteiger partial charge in [-0.15, -0.1) is 11.8 Å². The van der Waals surface area contributed by atoms with Crippen molar-refractivity contribution in [2.45, 2.75) is 68.5 Å². The summed E-state index contributed by atoms with van der Waals surface area (Å²) in [6.45, 7) is 6.00. The number of carbonyl (C=O) groups excluding carboxylic acids is 2. The van der Waals surface area contributed by atoms with Gasteiger partial charge in [-0.3, -0.25) is 9.69 Å². The van der Waals surface area contributed by atoms with Crippen molar-refractivity contribution < 1.29 is 9.59 Å². The third-order valence-electron chi connectivity index (χ3n) is 5.32. The molecule has 1 heterocycles. The number of amides is 3. The van der Waals surface area contributed by atoms with Crippen LogP contribution >= 0.6 is 11.8 Å². The second-order valence-corrected chi connectivity index (χ2v) is 9.65. The number of nitrogens with one attached hydrogen (secondary N) is 1. The lowest BCUT2D eigenvalue weighted by molar-refractivity contribution is -0.123. The number of anilines is 1. The average molecular weight is 362 g/mol. The molecule has 1 aliphatic heterocycles. The molecule has 1 spiro atoms. The molecular formula is C19H27N3O2S. The van der Waals surface area contributed by atoms with E-state index in [0.717, 1.165) is 36.9 Å². The van der Waals surface area contributed by atoms with Crippen LogP contribution in [0.25, 0.3) is 0 Å². The summed E-state index contributed by atoms with van der Waals surface area (Å²) in [7, 11) is 0.